The lowest BCUT2D eigenvalue weighted by Crippen LogP contribution is -2.50. The molecule has 1 atom stereocenters. The molecule has 166 valence electrons. The van der Waals surface area contributed by atoms with Crippen LogP contribution in [-0.2, 0) is 11.3 Å². The lowest BCUT2D eigenvalue weighted by molar-refractivity contribution is 0.0558. The van der Waals surface area contributed by atoms with Crippen LogP contribution in [0.2, 0.25) is 5.02 Å². The average Bonchev–Trinajstić information content (AvgIpc) is 3.46. The average molecular weight is 467 g/mol. The normalized spacial score (nSPS) is 15.5. The van der Waals surface area contributed by atoms with Crippen molar-refractivity contribution < 1.29 is 13.9 Å². The van der Waals surface area contributed by atoms with Gasteiger partial charge in [-0.3, -0.25) is 9.69 Å². The largest absolute Gasteiger partial charge is 0.459 e. The molecular formula is C20H24Cl2N6O3. The quantitative estimate of drug-likeness (QED) is 0.528. The Morgan fingerprint density at radius 1 is 1.19 bits per heavy atom. The van der Waals surface area contributed by atoms with Gasteiger partial charge in [0.05, 0.1) is 25.5 Å². The molecule has 3 heterocycles. The molecule has 0 saturated carbocycles. The fourth-order valence-corrected chi connectivity index (χ4v) is 3.78. The highest BCUT2D eigenvalue weighted by Gasteiger charge is 2.32. The van der Waals surface area contributed by atoms with Crippen LogP contribution in [0.25, 0.3) is 0 Å². The third-order valence-corrected chi connectivity index (χ3v) is 5.45. The first kappa shape index (κ1) is 23.2. The van der Waals surface area contributed by atoms with Crippen molar-refractivity contribution in [2.24, 2.45) is 0 Å². The zero-order valence-electron chi connectivity index (χ0n) is 17.1. The number of halogens is 2. The Morgan fingerprint density at radius 3 is 2.58 bits per heavy atom. The molecule has 9 nitrogen and oxygen atoms in total. The number of rotatable bonds is 7. The second-order valence-electron chi connectivity index (χ2n) is 7.01. The van der Waals surface area contributed by atoms with E-state index in [0.29, 0.717) is 50.1 Å². The van der Waals surface area contributed by atoms with Crippen molar-refractivity contribution in [3.63, 3.8) is 0 Å². The minimum atomic E-state index is -0.157. The second kappa shape index (κ2) is 10.7. The van der Waals surface area contributed by atoms with E-state index in [1.165, 1.54) is 6.26 Å². The molecule has 0 spiro atoms. The van der Waals surface area contributed by atoms with Gasteiger partial charge >= 0.3 is 0 Å². The number of aromatic nitrogens is 4. The number of hydrogen-bond donors (Lipinski definition) is 0. The maximum Gasteiger partial charge on any atom is 0.289 e. The van der Waals surface area contributed by atoms with Crippen LogP contribution in [-0.4, -0.2) is 75.8 Å². The van der Waals surface area contributed by atoms with Crippen LogP contribution in [0, 0.1) is 0 Å². The highest BCUT2D eigenvalue weighted by atomic mass is 35.5. The van der Waals surface area contributed by atoms with Crippen molar-refractivity contribution in [1.82, 2.24) is 30.0 Å². The van der Waals surface area contributed by atoms with Gasteiger partial charge in [0.25, 0.3) is 5.91 Å². The first-order valence-electron chi connectivity index (χ1n) is 9.74. The van der Waals surface area contributed by atoms with E-state index in [0.717, 1.165) is 11.4 Å². The number of amides is 1. The monoisotopic (exact) mass is 466 g/mol. The van der Waals surface area contributed by atoms with Gasteiger partial charge in [-0.25, -0.2) is 4.68 Å². The van der Waals surface area contributed by atoms with Crippen LogP contribution < -0.4 is 0 Å². The maximum absolute atomic E-state index is 12.6. The van der Waals surface area contributed by atoms with Gasteiger partial charge in [-0.1, -0.05) is 23.7 Å². The Balaban J connectivity index is 0.00000272. The van der Waals surface area contributed by atoms with E-state index in [1.807, 2.05) is 29.2 Å². The standard InChI is InChI=1S/C20H23ClN6O3.ClH/c1-29-14-12-27-19(22-23-24-27)18(15-4-6-16(21)7-5-15)25-8-10-26(11-9-25)20(28)17-3-2-13-30-17;/h2-7,13,18H,8-12,14H2,1H3;1H. The summed E-state index contributed by atoms with van der Waals surface area (Å²) in [6, 6.07) is 11.0. The van der Waals surface area contributed by atoms with E-state index in [1.54, 1.807) is 23.9 Å². The predicted molar refractivity (Wildman–Crippen MR) is 116 cm³/mol. The number of nitrogens with zero attached hydrogens (tertiary/aromatic N) is 6. The summed E-state index contributed by atoms with van der Waals surface area (Å²) in [4.78, 5) is 16.7. The van der Waals surface area contributed by atoms with Crippen LogP contribution in [0.5, 0.6) is 0 Å². The number of benzene rings is 1. The number of carbonyl (C=O) groups excluding carboxylic acids is 1. The van der Waals surface area contributed by atoms with Crippen molar-refractivity contribution in [2.75, 3.05) is 39.9 Å². The lowest BCUT2D eigenvalue weighted by atomic mass is 10.0. The van der Waals surface area contributed by atoms with Gasteiger partial charge < -0.3 is 14.1 Å². The van der Waals surface area contributed by atoms with Gasteiger partial charge in [0, 0.05) is 38.3 Å². The smallest absolute Gasteiger partial charge is 0.289 e. The van der Waals surface area contributed by atoms with Gasteiger partial charge in [0.2, 0.25) is 0 Å². The molecule has 2 aromatic heterocycles. The van der Waals surface area contributed by atoms with E-state index >= 15 is 0 Å². The lowest BCUT2D eigenvalue weighted by Gasteiger charge is -2.38. The predicted octanol–water partition coefficient (Wildman–Crippen LogP) is 2.54. The summed E-state index contributed by atoms with van der Waals surface area (Å²) in [5.74, 6) is 1.01. The Morgan fingerprint density at radius 2 is 1.94 bits per heavy atom. The molecular weight excluding hydrogens is 443 g/mol. The zero-order chi connectivity index (χ0) is 20.9. The molecule has 1 amide bonds. The summed E-state index contributed by atoms with van der Waals surface area (Å²) in [6.07, 6.45) is 1.51. The molecule has 11 heteroatoms. The molecule has 0 aliphatic carbocycles. The van der Waals surface area contributed by atoms with Crippen molar-refractivity contribution >= 4 is 29.9 Å². The number of ether oxygens (including phenoxy) is 1. The van der Waals surface area contributed by atoms with Gasteiger partial charge in [0.15, 0.2) is 11.6 Å². The Labute approximate surface area is 191 Å². The SMILES string of the molecule is COCCn1nnnc1C(c1ccc(Cl)cc1)N1CCN(C(=O)c2ccco2)CC1.Cl. The fraction of sp³-hybridized carbons (Fsp3) is 0.400. The minimum absolute atomic E-state index is 0. The number of furan rings is 1. The zero-order valence-corrected chi connectivity index (χ0v) is 18.6. The van der Waals surface area contributed by atoms with Crippen LogP contribution >= 0.6 is 24.0 Å². The van der Waals surface area contributed by atoms with Gasteiger partial charge in [-0.05, 0) is 40.3 Å². The van der Waals surface area contributed by atoms with Crippen LogP contribution in [0.3, 0.4) is 0 Å². The summed E-state index contributed by atoms with van der Waals surface area (Å²) in [5.41, 5.74) is 1.04. The van der Waals surface area contributed by atoms with E-state index < -0.39 is 0 Å². The minimum Gasteiger partial charge on any atom is -0.459 e. The number of carbonyl (C=O) groups is 1. The van der Waals surface area contributed by atoms with Crippen LogP contribution in [0.15, 0.2) is 47.1 Å². The van der Waals surface area contributed by atoms with E-state index in [-0.39, 0.29) is 24.4 Å². The topological polar surface area (TPSA) is 89.5 Å². The summed E-state index contributed by atoms with van der Waals surface area (Å²) in [6.45, 7) is 3.59. The molecule has 1 unspecified atom stereocenters. The first-order valence-corrected chi connectivity index (χ1v) is 10.1. The molecule has 0 radical (unpaired) electrons. The van der Waals surface area contributed by atoms with Crippen molar-refractivity contribution in [3.05, 3.63) is 64.8 Å². The van der Waals surface area contributed by atoms with E-state index in [9.17, 15) is 4.79 Å². The molecule has 1 saturated heterocycles. The van der Waals surface area contributed by atoms with E-state index in [2.05, 4.69) is 20.4 Å². The summed E-state index contributed by atoms with van der Waals surface area (Å²) in [5, 5.41) is 13.0. The van der Waals surface area contributed by atoms with Crippen LogP contribution in [0.4, 0.5) is 0 Å². The molecule has 1 aliphatic heterocycles. The molecule has 3 aromatic rings. The third kappa shape index (κ3) is 5.24. The number of hydrogen-bond acceptors (Lipinski definition) is 7. The molecule has 0 bridgehead atoms. The molecule has 1 aromatic carbocycles. The molecule has 4 rings (SSSR count). The van der Waals surface area contributed by atoms with Gasteiger partial charge in [-0.2, -0.15) is 0 Å². The fourth-order valence-electron chi connectivity index (χ4n) is 3.65. The van der Waals surface area contributed by atoms with Crippen molar-refractivity contribution in [3.8, 4) is 0 Å². The summed E-state index contributed by atoms with van der Waals surface area (Å²) < 4.78 is 12.2. The third-order valence-electron chi connectivity index (χ3n) is 5.20. The van der Waals surface area contributed by atoms with Gasteiger partial charge in [-0.15, -0.1) is 17.5 Å². The van der Waals surface area contributed by atoms with E-state index in [4.69, 9.17) is 20.8 Å². The summed E-state index contributed by atoms with van der Waals surface area (Å²) >= 11 is 6.10. The molecule has 31 heavy (non-hydrogen) atoms. The Kier molecular flexibility index (Phi) is 8.03. The number of tetrazole rings is 1. The maximum atomic E-state index is 12.6. The molecule has 1 aliphatic rings. The van der Waals surface area contributed by atoms with Gasteiger partial charge in [0.1, 0.15) is 0 Å². The molecule has 0 N–H and O–H groups in total. The highest BCUT2D eigenvalue weighted by Crippen LogP contribution is 2.29. The van der Waals surface area contributed by atoms with Crippen molar-refractivity contribution in [1.29, 1.82) is 0 Å². The number of methoxy groups -OCH3 is 1. The second-order valence-corrected chi connectivity index (χ2v) is 7.45. The summed E-state index contributed by atoms with van der Waals surface area (Å²) in [7, 11) is 1.65. The Bertz CT molecular complexity index is 956. The number of piperazine rings is 1. The highest BCUT2D eigenvalue weighted by molar-refractivity contribution is 6.30. The van der Waals surface area contributed by atoms with Crippen LogP contribution in [0.1, 0.15) is 28.0 Å². The van der Waals surface area contributed by atoms with Crippen molar-refractivity contribution in [2.45, 2.75) is 12.6 Å². The first-order chi connectivity index (χ1) is 14.7. The molecule has 1 fully saturated rings. The Hall–Kier alpha value is -2.46.